The minimum atomic E-state index is -0.825. The number of nitrogens with one attached hydrogen (secondary N) is 3. The van der Waals surface area contributed by atoms with Crippen LogP contribution in [0.25, 0.3) is 0 Å². The average Bonchev–Trinajstić information content (AvgIpc) is 3.24. The highest BCUT2D eigenvalue weighted by Gasteiger charge is 2.47. The van der Waals surface area contributed by atoms with Gasteiger partial charge < -0.3 is 29.8 Å². The Balaban J connectivity index is 1.25. The number of amides is 1. The fourth-order valence-electron chi connectivity index (χ4n) is 5.63. The van der Waals surface area contributed by atoms with Gasteiger partial charge in [0.15, 0.2) is 11.5 Å². The molecule has 3 N–H and O–H groups in total. The Labute approximate surface area is 232 Å². The van der Waals surface area contributed by atoms with Crippen molar-refractivity contribution >= 4 is 29.3 Å². The van der Waals surface area contributed by atoms with Crippen molar-refractivity contribution in [3.63, 3.8) is 0 Å². The molecule has 5 rings (SSSR count). The number of fused-ring (bicyclic) bond motifs is 1. The second kappa shape index (κ2) is 11.1. The number of aromatic nitrogens is 1. The van der Waals surface area contributed by atoms with E-state index in [1.807, 2.05) is 33.1 Å². The molecule has 0 spiro atoms. The molecule has 1 saturated heterocycles. The lowest BCUT2D eigenvalue weighted by atomic mass is 9.78. The van der Waals surface area contributed by atoms with E-state index in [-0.39, 0.29) is 23.9 Å². The molecule has 0 bridgehead atoms. The van der Waals surface area contributed by atoms with Gasteiger partial charge in [-0.15, -0.1) is 11.8 Å². The molecular weight excluding hydrogens is 526 g/mol. The predicted molar refractivity (Wildman–Crippen MR) is 149 cm³/mol. The van der Waals surface area contributed by atoms with Crippen molar-refractivity contribution in [3.8, 4) is 11.5 Å². The molecule has 1 aromatic heterocycles. The Kier molecular flexibility index (Phi) is 8.01. The Morgan fingerprint density at radius 2 is 1.87 bits per heavy atom. The van der Waals surface area contributed by atoms with Crippen LogP contribution in [-0.4, -0.2) is 48.7 Å². The van der Waals surface area contributed by atoms with Gasteiger partial charge in [0.05, 0.1) is 24.3 Å². The number of carbonyl (C=O) groups excluding carboxylic acids is 1. The van der Waals surface area contributed by atoms with Crippen LogP contribution in [0, 0.1) is 25.7 Å². The topological polar surface area (TPSA) is 102 Å². The first kappa shape index (κ1) is 27.4. The molecule has 2 aliphatic heterocycles. The van der Waals surface area contributed by atoms with Gasteiger partial charge in [0, 0.05) is 46.7 Å². The van der Waals surface area contributed by atoms with Crippen molar-refractivity contribution < 1.29 is 19.0 Å². The van der Waals surface area contributed by atoms with E-state index in [1.165, 1.54) is 11.8 Å². The number of aryl methyl sites for hydroxylation is 1. The van der Waals surface area contributed by atoms with Crippen molar-refractivity contribution in [1.82, 2.24) is 15.6 Å². The lowest BCUT2D eigenvalue weighted by Gasteiger charge is -2.38. The summed E-state index contributed by atoms with van der Waals surface area (Å²) in [5.74, 6) is 0.750. The van der Waals surface area contributed by atoms with Crippen LogP contribution in [0.1, 0.15) is 59.8 Å². The van der Waals surface area contributed by atoms with Crippen LogP contribution in [0.15, 0.2) is 21.8 Å². The number of rotatable bonds is 8. The smallest absolute Gasteiger partial charge is 0.254 e. The van der Waals surface area contributed by atoms with E-state index in [0.717, 1.165) is 56.0 Å². The van der Waals surface area contributed by atoms with Crippen LogP contribution in [0.4, 0.5) is 0 Å². The number of H-pyrrole nitrogens is 1. The van der Waals surface area contributed by atoms with E-state index in [1.54, 1.807) is 6.07 Å². The van der Waals surface area contributed by atoms with Gasteiger partial charge in [-0.3, -0.25) is 9.59 Å². The average molecular weight is 562 g/mol. The molecule has 10 heteroatoms. The molecule has 2 aromatic rings. The monoisotopic (exact) mass is 561 g/mol. The summed E-state index contributed by atoms with van der Waals surface area (Å²) in [4.78, 5) is 29.3. The molecule has 1 atom stereocenters. The summed E-state index contributed by atoms with van der Waals surface area (Å²) < 4.78 is 18.1. The molecule has 3 heterocycles. The summed E-state index contributed by atoms with van der Waals surface area (Å²) in [6.07, 6.45) is 6.14. The normalized spacial score (nSPS) is 24.8. The molecular formula is C28H36ClN3O5S. The summed E-state index contributed by atoms with van der Waals surface area (Å²) in [6.45, 7) is 8.43. The standard InChI is InChI=1S/C28H36ClN3O5S/c1-15-9-23(38-4)21(27(34)32-15)12-31-26(33)20-10-22(29)25-24(16(20)2)36-28(3,37-25)18-7-5-17(6-8-18)11-30-19-13-35-14-19/h9-10,17-19,30H,5-8,11-14H2,1-4H3,(H,31,33)(H,32,34)/t17-,18-,28?. The summed E-state index contributed by atoms with van der Waals surface area (Å²) in [6, 6.07) is 4.04. The van der Waals surface area contributed by atoms with Gasteiger partial charge in [-0.2, -0.15) is 0 Å². The van der Waals surface area contributed by atoms with Crippen LogP contribution in [-0.2, 0) is 11.3 Å². The van der Waals surface area contributed by atoms with E-state index >= 15 is 0 Å². The highest BCUT2D eigenvalue weighted by molar-refractivity contribution is 7.98. The predicted octanol–water partition coefficient (Wildman–Crippen LogP) is 4.58. The summed E-state index contributed by atoms with van der Waals surface area (Å²) in [7, 11) is 0. The van der Waals surface area contributed by atoms with Gasteiger partial charge in [0.25, 0.3) is 17.3 Å². The summed E-state index contributed by atoms with van der Waals surface area (Å²) in [5, 5.41) is 6.83. The highest BCUT2D eigenvalue weighted by Crippen LogP contribution is 2.51. The van der Waals surface area contributed by atoms with Crippen LogP contribution < -0.4 is 25.7 Å². The van der Waals surface area contributed by atoms with E-state index in [2.05, 4.69) is 15.6 Å². The first-order chi connectivity index (χ1) is 18.2. The van der Waals surface area contributed by atoms with Gasteiger partial charge in [0.1, 0.15) is 0 Å². The number of carbonyl (C=O) groups is 1. The number of hydrogen-bond donors (Lipinski definition) is 3. The molecule has 1 amide bonds. The Morgan fingerprint density at radius 3 is 2.53 bits per heavy atom. The molecule has 2 fully saturated rings. The molecule has 3 aliphatic rings. The minimum absolute atomic E-state index is 0.111. The lowest BCUT2D eigenvalue weighted by Crippen LogP contribution is -2.49. The van der Waals surface area contributed by atoms with Crippen molar-refractivity contribution in [2.24, 2.45) is 11.8 Å². The summed E-state index contributed by atoms with van der Waals surface area (Å²) in [5.41, 5.74) is 2.19. The molecule has 38 heavy (non-hydrogen) atoms. The van der Waals surface area contributed by atoms with Gasteiger partial charge >= 0.3 is 0 Å². The Bertz CT molecular complexity index is 1270. The number of ether oxygens (including phenoxy) is 3. The van der Waals surface area contributed by atoms with Gasteiger partial charge in [0.2, 0.25) is 0 Å². The molecule has 206 valence electrons. The Morgan fingerprint density at radius 1 is 1.16 bits per heavy atom. The van der Waals surface area contributed by atoms with E-state index in [9.17, 15) is 9.59 Å². The van der Waals surface area contributed by atoms with Gasteiger partial charge in [-0.25, -0.2) is 0 Å². The van der Waals surface area contributed by atoms with Crippen LogP contribution in [0.5, 0.6) is 11.5 Å². The van der Waals surface area contributed by atoms with E-state index < -0.39 is 5.79 Å². The molecule has 1 aromatic carbocycles. The van der Waals surface area contributed by atoms with E-state index in [0.29, 0.717) is 45.2 Å². The van der Waals surface area contributed by atoms with Crippen LogP contribution in [0.3, 0.4) is 0 Å². The number of hydrogen-bond acceptors (Lipinski definition) is 7. The number of halogens is 1. The summed E-state index contributed by atoms with van der Waals surface area (Å²) >= 11 is 8.09. The first-order valence-electron chi connectivity index (χ1n) is 13.3. The SMILES string of the molecule is CSc1cc(C)[nH]c(=O)c1CNC(=O)c1cc(Cl)c2c(c1C)OC(C)([C@H]1CC[C@H](CNC3COC3)CC1)O2. The number of thioether (sulfide) groups is 1. The maximum atomic E-state index is 13.2. The second-order valence-corrected chi connectivity index (χ2v) is 12.0. The maximum Gasteiger partial charge on any atom is 0.254 e. The lowest BCUT2D eigenvalue weighted by molar-refractivity contribution is -0.123. The van der Waals surface area contributed by atoms with Crippen molar-refractivity contribution in [1.29, 1.82) is 0 Å². The highest BCUT2D eigenvalue weighted by atomic mass is 35.5. The molecule has 8 nitrogen and oxygen atoms in total. The van der Waals surface area contributed by atoms with Crippen molar-refractivity contribution in [3.05, 3.63) is 49.9 Å². The molecule has 0 radical (unpaired) electrons. The maximum absolute atomic E-state index is 13.2. The number of benzene rings is 1. The fourth-order valence-corrected chi connectivity index (χ4v) is 6.57. The van der Waals surface area contributed by atoms with Gasteiger partial charge in [-0.05, 0) is 70.4 Å². The largest absolute Gasteiger partial charge is 0.448 e. The zero-order valence-electron chi connectivity index (χ0n) is 22.4. The molecule has 1 saturated carbocycles. The van der Waals surface area contributed by atoms with Crippen molar-refractivity contribution in [2.75, 3.05) is 26.0 Å². The zero-order chi connectivity index (χ0) is 27.0. The van der Waals surface area contributed by atoms with Crippen molar-refractivity contribution in [2.45, 2.75) is 69.7 Å². The number of pyridine rings is 1. The van der Waals surface area contributed by atoms with Crippen LogP contribution in [0.2, 0.25) is 5.02 Å². The number of aromatic amines is 1. The third-order valence-electron chi connectivity index (χ3n) is 8.09. The van der Waals surface area contributed by atoms with Gasteiger partial charge in [-0.1, -0.05) is 11.6 Å². The second-order valence-electron chi connectivity index (χ2n) is 10.8. The quantitative estimate of drug-likeness (QED) is 0.405. The molecule has 1 aliphatic carbocycles. The zero-order valence-corrected chi connectivity index (χ0v) is 23.9. The first-order valence-corrected chi connectivity index (χ1v) is 14.9. The molecule has 1 unspecified atom stereocenters. The third kappa shape index (κ3) is 5.43. The minimum Gasteiger partial charge on any atom is -0.448 e. The fraction of sp³-hybridized carbons (Fsp3) is 0.571. The third-order valence-corrected chi connectivity index (χ3v) is 9.17. The Hall–Kier alpha value is -2.20. The van der Waals surface area contributed by atoms with Crippen LogP contribution >= 0.6 is 23.4 Å². The van der Waals surface area contributed by atoms with E-state index in [4.69, 9.17) is 25.8 Å².